The number of guanidine groups is 1. The lowest BCUT2D eigenvalue weighted by Crippen LogP contribution is -2.36. The van der Waals surface area contributed by atoms with Crippen LogP contribution >= 0.6 is 23.2 Å². The minimum Gasteiger partial charge on any atom is -0.325 e. The van der Waals surface area contributed by atoms with Gasteiger partial charge in [-0.2, -0.15) is 0 Å². The highest BCUT2D eigenvalue weighted by atomic mass is 35.5. The van der Waals surface area contributed by atoms with Crippen LogP contribution in [0.15, 0.2) is 17.1 Å². The standard InChI is InChI=1S/C9H11Cl2FN4/c1-2-14-9(16-13)15-5-3-6(10)8(12)7(11)4-5/h3-4H,2,13H2,1H3,(H2,14,15,16). The molecule has 0 spiro atoms. The number of rotatable bonds is 2. The summed E-state index contributed by atoms with van der Waals surface area (Å²) >= 11 is 11.3. The molecule has 0 unspecified atom stereocenters. The van der Waals surface area contributed by atoms with Crippen LogP contribution in [0.4, 0.5) is 10.1 Å². The summed E-state index contributed by atoms with van der Waals surface area (Å²) < 4.78 is 13.1. The fourth-order valence-electron chi connectivity index (χ4n) is 1.04. The van der Waals surface area contributed by atoms with Crippen molar-refractivity contribution in [3.05, 3.63) is 28.0 Å². The molecule has 0 saturated heterocycles. The first kappa shape index (κ1) is 13.0. The van der Waals surface area contributed by atoms with E-state index in [1.807, 2.05) is 6.92 Å². The van der Waals surface area contributed by atoms with E-state index in [0.29, 0.717) is 18.2 Å². The third-order valence-electron chi connectivity index (χ3n) is 1.70. The molecule has 0 aliphatic heterocycles. The van der Waals surface area contributed by atoms with Crippen LogP contribution in [0.2, 0.25) is 10.0 Å². The molecule has 1 rings (SSSR count). The van der Waals surface area contributed by atoms with Gasteiger partial charge in [-0.1, -0.05) is 23.2 Å². The third kappa shape index (κ3) is 3.23. The molecule has 0 amide bonds. The summed E-state index contributed by atoms with van der Waals surface area (Å²) in [5.74, 6) is 4.93. The topological polar surface area (TPSA) is 62.4 Å². The van der Waals surface area contributed by atoms with Crippen LogP contribution in [-0.2, 0) is 0 Å². The Labute approximate surface area is 103 Å². The van der Waals surface area contributed by atoms with Crippen molar-refractivity contribution in [1.82, 2.24) is 5.43 Å². The number of hydrogen-bond donors (Lipinski definition) is 3. The molecule has 7 heteroatoms. The molecule has 4 N–H and O–H groups in total. The zero-order valence-corrected chi connectivity index (χ0v) is 10.0. The molecule has 0 aliphatic carbocycles. The SMILES string of the molecule is CCN=C(NN)Nc1cc(Cl)c(F)c(Cl)c1. The summed E-state index contributed by atoms with van der Waals surface area (Å²) in [5, 5.41) is 2.68. The predicted octanol–water partition coefficient (Wildman–Crippen LogP) is 2.38. The molecule has 0 atom stereocenters. The van der Waals surface area contributed by atoms with Crippen LogP contribution in [0, 0.1) is 5.82 Å². The van der Waals surface area contributed by atoms with Gasteiger partial charge in [-0.3, -0.25) is 10.4 Å². The van der Waals surface area contributed by atoms with E-state index < -0.39 is 5.82 Å². The molecule has 0 radical (unpaired) electrons. The number of hydrogen-bond acceptors (Lipinski definition) is 2. The summed E-state index contributed by atoms with van der Waals surface area (Å²) in [6.07, 6.45) is 0. The molecule has 4 nitrogen and oxygen atoms in total. The van der Waals surface area contributed by atoms with Crippen molar-refractivity contribution < 1.29 is 4.39 Å². The maximum Gasteiger partial charge on any atom is 0.210 e. The zero-order chi connectivity index (χ0) is 12.1. The quantitative estimate of drug-likeness (QED) is 0.253. The van der Waals surface area contributed by atoms with E-state index in [9.17, 15) is 4.39 Å². The first-order valence-electron chi connectivity index (χ1n) is 4.51. The Hall–Kier alpha value is -1.04. The number of hydrazine groups is 1. The minimum atomic E-state index is -0.649. The molecule has 16 heavy (non-hydrogen) atoms. The average molecular weight is 265 g/mol. The summed E-state index contributed by atoms with van der Waals surface area (Å²) in [6, 6.07) is 2.79. The second-order valence-corrected chi connectivity index (χ2v) is 3.66. The average Bonchev–Trinajstić information content (AvgIpc) is 2.25. The van der Waals surface area contributed by atoms with Gasteiger partial charge in [0.15, 0.2) is 5.82 Å². The maximum atomic E-state index is 13.1. The first-order chi connectivity index (χ1) is 7.58. The van der Waals surface area contributed by atoms with Gasteiger partial charge >= 0.3 is 0 Å². The van der Waals surface area contributed by atoms with E-state index in [1.165, 1.54) is 12.1 Å². The lowest BCUT2D eigenvalue weighted by Gasteiger charge is -2.10. The maximum absolute atomic E-state index is 13.1. The zero-order valence-electron chi connectivity index (χ0n) is 8.52. The molecule has 0 saturated carbocycles. The van der Waals surface area contributed by atoms with Crippen LogP contribution in [0.3, 0.4) is 0 Å². The Bertz CT molecular complexity index is 385. The summed E-state index contributed by atoms with van der Waals surface area (Å²) in [7, 11) is 0. The lowest BCUT2D eigenvalue weighted by molar-refractivity contribution is 0.629. The molecule has 0 bridgehead atoms. The van der Waals surface area contributed by atoms with Crippen molar-refractivity contribution in [2.45, 2.75) is 6.92 Å². The third-order valence-corrected chi connectivity index (χ3v) is 2.25. The highest BCUT2D eigenvalue weighted by molar-refractivity contribution is 6.35. The Morgan fingerprint density at radius 1 is 1.44 bits per heavy atom. The molecular formula is C9H11Cl2FN4. The Morgan fingerprint density at radius 3 is 2.44 bits per heavy atom. The molecule has 0 aliphatic rings. The van der Waals surface area contributed by atoms with Gasteiger partial charge in [0.1, 0.15) is 0 Å². The number of anilines is 1. The Balaban J connectivity index is 2.94. The second-order valence-electron chi connectivity index (χ2n) is 2.85. The van der Waals surface area contributed by atoms with Crippen molar-refractivity contribution in [1.29, 1.82) is 0 Å². The van der Waals surface area contributed by atoms with Gasteiger partial charge in [-0.25, -0.2) is 10.2 Å². The Kier molecular flexibility index (Phi) is 4.79. The highest BCUT2D eigenvalue weighted by Crippen LogP contribution is 2.27. The van der Waals surface area contributed by atoms with Crippen molar-refractivity contribution >= 4 is 34.8 Å². The van der Waals surface area contributed by atoms with Gasteiger partial charge < -0.3 is 5.32 Å². The predicted molar refractivity (Wildman–Crippen MR) is 65.3 cm³/mol. The molecule has 88 valence electrons. The normalized spacial score (nSPS) is 11.4. The van der Waals surface area contributed by atoms with Crippen LogP contribution in [0.5, 0.6) is 0 Å². The number of nitrogens with zero attached hydrogens (tertiary/aromatic N) is 1. The van der Waals surface area contributed by atoms with E-state index in [4.69, 9.17) is 29.0 Å². The number of nitrogens with one attached hydrogen (secondary N) is 2. The largest absolute Gasteiger partial charge is 0.325 e. The number of halogens is 3. The van der Waals surface area contributed by atoms with Crippen LogP contribution in [0.1, 0.15) is 6.92 Å². The van der Waals surface area contributed by atoms with Crippen LogP contribution in [-0.4, -0.2) is 12.5 Å². The van der Waals surface area contributed by atoms with Gasteiger partial charge in [0, 0.05) is 12.2 Å². The van der Waals surface area contributed by atoms with Crippen molar-refractivity contribution in [3.63, 3.8) is 0 Å². The van der Waals surface area contributed by atoms with Gasteiger partial charge in [-0.05, 0) is 19.1 Å². The monoisotopic (exact) mass is 264 g/mol. The molecule has 0 fully saturated rings. The number of benzene rings is 1. The Morgan fingerprint density at radius 2 is 2.00 bits per heavy atom. The molecule has 0 aromatic heterocycles. The van der Waals surface area contributed by atoms with E-state index in [1.54, 1.807) is 0 Å². The molecule has 1 aromatic rings. The fourth-order valence-corrected chi connectivity index (χ4v) is 1.53. The second kappa shape index (κ2) is 5.89. The van der Waals surface area contributed by atoms with Crippen LogP contribution in [0.25, 0.3) is 0 Å². The summed E-state index contributed by atoms with van der Waals surface area (Å²) in [5.41, 5.74) is 2.87. The van der Waals surface area contributed by atoms with Gasteiger partial charge in [-0.15, -0.1) is 0 Å². The van der Waals surface area contributed by atoms with E-state index in [2.05, 4.69) is 15.7 Å². The molecule has 0 heterocycles. The summed E-state index contributed by atoms with van der Waals surface area (Å²) in [6.45, 7) is 2.40. The lowest BCUT2D eigenvalue weighted by atomic mass is 10.3. The van der Waals surface area contributed by atoms with Crippen molar-refractivity contribution in [3.8, 4) is 0 Å². The van der Waals surface area contributed by atoms with Crippen molar-refractivity contribution in [2.75, 3.05) is 11.9 Å². The fraction of sp³-hybridized carbons (Fsp3) is 0.222. The van der Waals surface area contributed by atoms with E-state index >= 15 is 0 Å². The molecular weight excluding hydrogens is 254 g/mol. The molecule has 1 aromatic carbocycles. The van der Waals surface area contributed by atoms with E-state index in [0.717, 1.165) is 0 Å². The number of aliphatic imine (C=N–C) groups is 1. The summed E-state index contributed by atoms with van der Waals surface area (Å²) in [4.78, 5) is 4.01. The number of nitrogens with two attached hydrogens (primary N) is 1. The highest BCUT2D eigenvalue weighted by Gasteiger charge is 2.08. The van der Waals surface area contributed by atoms with Gasteiger partial charge in [0.05, 0.1) is 10.0 Å². The van der Waals surface area contributed by atoms with E-state index in [-0.39, 0.29) is 10.0 Å². The minimum absolute atomic E-state index is 0.0668. The van der Waals surface area contributed by atoms with Gasteiger partial charge in [0.2, 0.25) is 5.96 Å². The smallest absolute Gasteiger partial charge is 0.210 e. The van der Waals surface area contributed by atoms with Crippen LogP contribution < -0.4 is 16.6 Å². The van der Waals surface area contributed by atoms with Gasteiger partial charge in [0.25, 0.3) is 0 Å². The van der Waals surface area contributed by atoms with Crippen molar-refractivity contribution in [2.24, 2.45) is 10.8 Å². The first-order valence-corrected chi connectivity index (χ1v) is 5.26.